The third-order valence-corrected chi connectivity index (χ3v) is 3.78. The summed E-state index contributed by atoms with van der Waals surface area (Å²) in [7, 11) is 0. The molecule has 26 heavy (non-hydrogen) atoms. The Morgan fingerprint density at radius 3 is 2.69 bits per heavy atom. The number of guanidine groups is 1. The van der Waals surface area contributed by atoms with Crippen molar-refractivity contribution in [3.63, 3.8) is 0 Å². The van der Waals surface area contributed by atoms with Crippen molar-refractivity contribution in [1.29, 1.82) is 5.41 Å². The van der Waals surface area contributed by atoms with Crippen molar-refractivity contribution in [2.24, 2.45) is 0 Å². The maximum absolute atomic E-state index is 8.06. The lowest BCUT2D eigenvalue weighted by Gasteiger charge is -2.12. The molecule has 0 atom stereocenters. The zero-order valence-electron chi connectivity index (χ0n) is 14.2. The summed E-state index contributed by atoms with van der Waals surface area (Å²) in [6.45, 7) is 3.72. The van der Waals surface area contributed by atoms with Crippen LogP contribution < -0.4 is 15.4 Å². The highest BCUT2D eigenvalue weighted by molar-refractivity contribution is 6.31. The molecule has 0 unspecified atom stereocenters. The average Bonchev–Trinajstić information content (AvgIpc) is 2.58. The van der Waals surface area contributed by atoms with Crippen molar-refractivity contribution < 1.29 is 4.74 Å². The maximum Gasteiger partial charge on any atom is 0.233 e. The zero-order valence-corrected chi connectivity index (χ0v) is 15.0. The third-order valence-electron chi connectivity index (χ3n) is 3.35. The molecule has 3 N–H and O–H groups in total. The van der Waals surface area contributed by atoms with Gasteiger partial charge >= 0.3 is 0 Å². The molecule has 7 nitrogen and oxygen atoms in total. The van der Waals surface area contributed by atoms with E-state index in [2.05, 4.69) is 25.6 Å². The normalized spacial score (nSPS) is 10.3. The molecule has 3 aromatic rings. The summed E-state index contributed by atoms with van der Waals surface area (Å²) >= 11 is 6.01. The lowest BCUT2D eigenvalue weighted by molar-refractivity contribution is 0.459. The first-order chi connectivity index (χ1) is 12.5. The molecule has 3 rings (SSSR count). The molecular weight excluding hydrogens is 352 g/mol. The molecule has 0 aliphatic heterocycles. The predicted octanol–water partition coefficient (Wildman–Crippen LogP) is 4.39. The van der Waals surface area contributed by atoms with Gasteiger partial charge in [0.1, 0.15) is 5.75 Å². The summed E-state index contributed by atoms with van der Waals surface area (Å²) in [5, 5.41) is 14.5. The average molecular weight is 369 g/mol. The van der Waals surface area contributed by atoms with E-state index < -0.39 is 0 Å². The van der Waals surface area contributed by atoms with Crippen molar-refractivity contribution >= 4 is 29.2 Å². The lowest BCUT2D eigenvalue weighted by Crippen LogP contribution is -2.22. The molecule has 2 aromatic heterocycles. The van der Waals surface area contributed by atoms with E-state index in [4.69, 9.17) is 21.7 Å². The van der Waals surface area contributed by atoms with Crippen LogP contribution >= 0.6 is 11.6 Å². The van der Waals surface area contributed by atoms with Crippen LogP contribution in [-0.2, 0) is 0 Å². The molecule has 0 bridgehead atoms. The van der Waals surface area contributed by atoms with Gasteiger partial charge in [-0.15, -0.1) is 0 Å². The van der Waals surface area contributed by atoms with Gasteiger partial charge in [0.2, 0.25) is 11.8 Å². The van der Waals surface area contributed by atoms with Gasteiger partial charge < -0.3 is 10.1 Å². The van der Waals surface area contributed by atoms with Gasteiger partial charge in [0.25, 0.3) is 0 Å². The molecule has 0 aliphatic carbocycles. The Labute approximate surface area is 156 Å². The van der Waals surface area contributed by atoms with Crippen molar-refractivity contribution in [2.45, 2.75) is 13.8 Å². The third kappa shape index (κ3) is 4.67. The van der Waals surface area contributed by atoms with E-state index in [1.165, 1.54) is 0 Å². The summed E-state index contributed by atoms with van der Waals surface area (Å²) in [4.78, 5) is 12.5. The second-order valence-electron chi connectivity index (χ2n) is 5.55. The van der Waals surface area contributed by atoms with Crippen LogP contribution in [0.3, 0.4) is 0 Å². The van der Waals surface area contributed by atoms with E-state index in [1.807, 2.05) is 19.9 Å². The summed E-state index contributed by atoms with van der Waals surface area (Å²) in [5.41, 5.74) is 2.36. The number of ether oxygens (including phenoxy) is 1. The Morgan fingerprint density at radius 2 is 1.96 bits per heavy atom. The summed E-state index contributed by atoms with van der Waals surface area (Å²) in [6, 6.07) is 10.7. The number of rotatable bonds is 4. The van der Waals surface area contributed by atoms with Crippen LogP contribution in [0.4, 0.5) is 11.6 Å². The quantitative estimate of drug-likeness (QED) is 0.466. The van der Waals surface area contributed by atoms with Gasteiger partial charge in [-0.1, -0.05) is 11.6 Å². The molecule has 132 valence electrons. The standard InChI is InChI=1S/C18H17ClN6O/c1-11-8-13(5-6-15(11)19)23-17(20)25-18-22-12(2)9-16(24-18)26-14-4-3-7-21-10-14/h3-10H,1-2H3,(H3,20,22,23,24,25). The second-order valence-corrected chi connectivity index (χ2v) is 5.96. The van der Waals surface area contributed by atoms with Gasteiger partial charge in [0.05, 0.1) is 6.20 Å². The van der Waals surface area contributed by atoms with Gasteiger partial charge in [0, 0.05) is 28.7 Å². The van der Waals surface area contributed by atoms with Gasteiger partial charge in [-0.25, -0.2) is 4.98 Å². The molecule has 0 amide bonds. The lowest BCUT2D eigenvalue weighted by atomic mass is 10.2. The number of pyridine rings is 1. The molecule has 0 saturated carbocycles. The molecule has 0 fully saturated rings. The topological polar surface area (TPSA) is 95.8 Å². The van der Waals surface area contributed by atoms with Crippen LogP contribution in [0, 0.1) is 19.3 Å². The molecule has 0 spiro atoms. The number of benzene rings is 1. The van der Waals surface area contributed by atoms with Crippen LogP contribution in [0.5, 0.6) is 11.6 Å². The first-order valence-corrected chi connectivity index (χ1v) is 8.20. The van der Waals surface area contributed by atoms with Gasteiger partial charge in [-0.05, 0) is 49.7 Å². The fraction of sp³-hybridized carbons (Fsp3) is 0.111. The van der Waals surface area contributed by atoms with Crippen molar-refractivity contribution in [3.8, 4) is 11.6 Å². The number of aromatic nitrogens is 3. The second kappa shape index (κ2) is 7.79. The minimum atomic E-state index is 0.0321. The number of nitrogens with one attached hydrogen (secondary N) is 3. The van der Waals surface area contributed by atoms with Gasteiger partial charge in [-0.2, -0.15) is 4.98 Å². The fourth-order valence-corrected chi connectivity index (χ4v) is 2.30. The highest BCUT2D eigenvalue weighted by Crippen LogP contribution is 2.21. The van der Waals surface area contributed by atoms with Gasteiger partial charge in [-0.3, -0.25) is 15.7 Å². The predicted molar refractivity (Wildman–Crippen MR) is 102 cm³/mol. The van der Waals surface area contributed by atoms with Crippen molar-refractivity contribution in [1.82, 2.24) is 15.0 Å². The molecule has 0 aliphatic rings. The van der Waals surface area contributed by atoms with Gasteiger partial charge in [0.15, 0.2) is 5.96 Å². The smallest absolute Gasteiger partial charge is 0.233 e. The van der Waals surface area contributed by atoms with Crippen molar-refractivity contribution in [3.05, 3.63) is 65.1 Å². The van der Waals surface area contributed by atoms with E-state index >= 15 is 0 Å². The van der Waals surface area contributed by atoms with E-state index in [1.54, 1.807) is 42.7 Å². The van der Waals surface area contributed by atoms with Crippen LogP contribution in [0.2, 0.25) is 5.02 Å². The minimum absolute atomic E-state index is 0.0321. The molecular formula is C18H17ClN6O. The van der Waals surface area contributed by atoms with E-state index in [-0.39, 0.29) is 11.9 Å². The SMILES string of the molecule is Cc1cc(Oc2cccnc2)nc(NC(=N)Nc2ccc(Cl)c(C)c2)n1. The number of hydrogen-bond acceptors (Lipinski definition) is 5. The van der Waals surface area contributed by atoms with Crippen LogP contribution in [0.15, 0.2) is 48.8 Å². The Kier molecular flexibility index (Phi) is 5.28. The maximum atomic E-state index is 8.06. The number of hydrogen-bond donors (Lipinski definition) is 3. The molecule has 8 heteroatoms. The number of aryl methyl sites for hydroxylation is 2. The summed E-state index contributed by atoms with van der Waals surface area (Å²) in [6.07, 6.45) is 3.26. The zero-order chi connectivity index (χ0) is 18.5. The minimum Gasteiger partial charge on any atom is -0.437 e. The van der Waals surface area contributed by atoms with E-state index in [9.17, 15) is 0 Å². The number of anilines is 2. The van der Waals surface area contributed by atoms with E-state index in [0.29, 0.717) is 22.3 Å². The molecule has 0 saturated heterocycles. The Bertz CT molecular complexity index is 932. The summed E-state index contributed by atoms with van der Waals surface area (Å²) in [5.74, 6) is 1.22. The largest absolute Gasteiger partial charge is 0.437 e. The highest BCUT2D eigenvalue weighted by atomic mass is 35.5. The Balaban J connectivity index is 1.70. The fourth-order valence-electron chi connectivity index (χ4n) is 2.19. The molecule has 2 heterocycles. The number of nitrogens with zero attached hydrogens (tertiary/aromatic N) is 3. The number of halogens is 1. The van der Waals surface area contributed by atoms with E-state index in [0.717, 1.165) is 11.3 Å². The van der Waals surface area contributed by atoms with Crippen LogP contribution in [-0.4, -0.2) is 20.9 Å². The monoisotopic (exact) mass is 368 g/mol. The Morgan fingerprint density at radius 1 is 1.12 bits per heavy atom. The Hall–Kier alpha value is -3.19. The first-order valence-electron chi connectivity index (χ1n) is 7.82. The highest BCUT2D eigenvalue weighted by Gasteiger charge is 2.07. The van der Waals surface area contributed by atoms with Crippen LogP contribution in [0.25, 0.3) is 0 Å². The van der Waals surface area contributed by atoms with Crippen molar-refractivity contribution in [2.75, 3.05) is 10.6 Å². The summed E-state index contributed by atoms with van der Waals surface area (Å²) < 4.78 is 5.67. The van der Waals surface area contributed by atoms with Crippen LogP contribution in [0.1, 0.15) is 11.3 Å². The molecule has 0 radical (unpaired) electrons. The molecule has 1 aromatic carbocycles. The first kappa shape index (κ1) is 17.6.